The van der Waals surface area contributed by atoms with Crippen molar-refractivity contribution in [3.05, 3.63) is 0 Å². The maximum atomic E-state index is 15.6. The number of rotatable bonds is 10. The first-order valence-electron chi connectivity index (χ1n) is 27.4. The molecule has 74 heavy (non-hydrogen) atoms. The Kier molecular flexibility index (Phi) is 16.0. The standard InChI is InChI=1S/C53H88O21/c1-23-32(56)36(60)41(65)45(69-23)73-42-38(62)35(59)28(22-68-43-40(64)37(61)34(58)27(20-54)70-43)71-46(42)74-47(66)53-17-15-48(2,3)19-25(53)24-9-10-30-50(6)13-12-31(72-44-39(63)33(57)26(55)21-67-44)49(4,5)29(50)11-14-52(30,8)51(24,7)16-18-53/h23-46,54-65H,9-22H2,1-8H3/t23-,24+,25-,26-,27+,28+,29-,30+,31-,32-,33-,34+,35+,36+,37-,38-,39+,40+,41+,42+,43+,44-,45-,46-,50-,51+,52+,53-/m0/s1. The van der Waals surface area contributed by atoms with E-state index in [1.165, 1.54) is 6.92 Å². The molecule has 0 radical (unpaired) electrons. The van der Waals surface area contributed by atoms with E-state index in [4.69, 9.17) is 37.9 Å². The van der Waals surface area contributed by atoms with Gasteiger partial charge in [0.25, 0.3) is 0 Å². The van der Waals surface area contributed by atoms with Crippen LogP contribution < -0.4 is 0 Å². The largest absolute Gasteiger partial charge is 0.432 e. The van der Waals surface area contributed by atoms with Crippen molar-refractivity contribution < 1.29 is 104 Å². The molecule has 9 aliphatic rings. The SMILES string of the molecule is C[C@@H]1O[C@@H](O[C@H]2[C@H](OC(=O)[C@]34CCC(C)(C)C[C@H]3[C@H]3CC[C@@H]5[C@@]6(C)CC[C@H](O[C@@H]7OC[C@H](O)[C@H](O)[C@H]7O)C(C)(C)[C@@H]6CC[C@@]5(C)[C@]3(C)CC4)O[C@H](CO[C@@H]3O[C@H](CO)[C@@H](O)[C@H](O)[C@H]3O)[C@@H](O)[C@@H]2O)[C@H](O)[C@H](O)[C@H]1O. The second kappa shape index (κ2) is 20.7. The third kappa shape index (κ3) is 9.35. The molecular weight excluding hydrogens is 973 g/mol. The molecule has 5 saturated carbocycles. The number of hydrogen-bond acceptors (Lipinski definition) is 21. The molecule has 0 aromatic carbocycles. The first-order valence-corrected chi connectivity index (χ1v) is 27.4. The van der Waals surface area contributed by atoms with Crippen LogP contribution >= 0.6 is 0 Å². The van der Waals surface area contributed by atoms with Crippen LogP contribution in [0.15, 0.2) is 0 Å². The van der Waals surface area contributed by atoms with Crippen molar-refractivity contribution in [2.75, 3.05) is 19.8 Å². The molecule has 4 aliphatic heterocycles. The lowest BCUT2D eigenvalue weighted by molar-refractivity contribution is -0.366. The molecule has 0 aromatic heterocycles. The summed E-state index contributed by atoms with van der Waals surface area (Å²) in [7, 11) is 0. The summed E-state index contributed by atoms with van der Waals surface area (Å²) >= 11 is 0. The number of carbonyl (C=O) groups is 1. The summed E-state index contributed by atoms with van der Waals surface area (Å²) in [4.78, 5) is 15.6. The maximum Gasteiger partial charge on any atom is 0.314 e. The second-order valence-electron chi connectivity index (χ2n) is 26.3. The van der Waals surface area contributed by atoms with Gasteiger partial charge in [0.1, 0.15) is 79.4 Å². The lowest BCUT2D eigenvalue weighted by Gasteiger charge is -2.73. The molecule has 12 N–H and O–H groups in total. The molecule has 9 fully saturated rings. The first-order chi connectivity index (χ1) is 34.6. The molecule has 9 rings (SSSR count). The van der Waals surface area contributed by atoms with Crippen molar-refractivity contribution in [3.8, 4) is 0 Å². The average Bonchev–Trinajstić information content (AvgIpc) is 3.35. The Morgan fingerprint density at radius 3 is 1.89 bits per heavy atom. The molecule has 426 valence electrons. The highest BCUT2D eigenvalue weighted by atomic mass is 16.8. The van der Waals surface area contributed by atoms with Crippen LogP contribution in [0.2, 0.25) is 0 Å². The van der Waals surface area contributed by atoms with E-state index < -0.39 is 141 Å². The number of ether oxygens (including phenoxy) is 8. The number of aliphatic hydroxyl groups is 12. The highest BCUT2D eigenvalue weighted by molar-refractivity contribution is 5.78. The second-order valence-corrected chi connectivity index (χ2v) is 26.3. The summed E-state index contributed by atoms with van der Waals surface area (Å²) in [6.07, 6.45) is -21.2. The predicted octanol–water partition coefficient (Wildman–Crippen LogP) is -0.289. The van der Waals surface area contributed by atoms with E-state index >= 15 is 4.79 Å². The van der Waals surface area contributed by atoms with Crippen LogP contribution in [0.3, 0.4) is 0 Å². The molecule has 0 bridgehead atoms. The minimum absolute atomic E-state index is 0.0608. The number of fused-ring (bicyclic) bond motifs is 7. The predicted molar refractivity (Wildman–Crippen MR) is 255 cm³/mol. The number of esters is 1. The van der Waals surface area contributed by atoms with E-state index in [0.717, 1.165) is 57.8 Å². The third-order valence-corrected chi connectivity index (χ3v) is 21.6. The van der Waals surface area contributed by atoms with Gasteiger partial charge in [-0.25, -0.2) is 0 Å². The van der Waals surface area contributed by atoms with Gasteiger partial charge in [-0.2, -0.15) is 0 Å². The fourth-order valence-electron chi connectivity index (χ4n) is 16.9. The van der Waals surface area contributed by atoms with Gasteiger partial charge in [0, 0.05) is 0 Å². The van der Waals surface area contributed by atoms with Crippen molar-refractivity contribution in [2.45, 2.75) is 249 Å². The number of carbonyl (C=O) groups excluding carboxylic acids is 1. The van der Waals surface area contributed by atoms with E-state index in [9.17, 15) is 61.3 Å². The summed E-state index contributed by atoms with van der Waals surface area (Å²) in [5, 5.41) is 128. The minimum Gasteiger partial charge on any atom is -0.432 e. The Balaban J connectivity index is 0.969. The van der Waals surface area contributed by atoms with Gasteiger partial charge < -0.3 is 99.2 Å². The normalized spacial score (nSPS) is 55.2. The van der Waals surface area contributed by atoms with Gasteiger partial charge >= 0.3 is 5.97 Å². The van der Waals surface area contributed by atoms with Crippen molar-refractivity contribution in [2.24, 2.45) is 56.2 Å². The molecule has 21 heteroatoms. The Bertz CT molecular complexity index is 1980. The van der Waals surface area contributed by atoms with E-state index in [2.05, 4.69) is 48.5 Å². The molecule has 5 aliphatic carbocycles. The Hall–Kier alpha value is -1.29. The van der Waals surface area contributed by atoms with E-state index in [-0.39, 0.29) is 57.5 Å². The summed E-state index contributed by atoms with van der Waals surface area (Å²) < 4.78 is 48.1. The summed E-state index contributed by atoms with van der Waals surface area (Å²) in [5.41, 5.74) is -1.78. The highest BCUT2D eigenvalue weighted by Crippen LogP contribution is 2.77. The van der Waals surface area contributed by atoms with Crippen molar-refractivity contribution in [1.29, 1.82) is 0 Å². The molecule has 0 amide bonds. The smallest absolute Gasteiger partial charge is 0.314 e. The van der Waals surface area contributed by atoms with Gasteiger partial charge in [-0.3, -0.25) is 4.79 Å². The number of aliphatic hydroxyl groups excluding tert-OH is 12. The fraction of sp³-hybridized carbons (Fsp3) is 0.981. The van der Waals surface area contributed by atoms with Gasteiger partial charge in [0.05, 0.1) is 37.4 Å². The molecule has 21 nitrogen and oxygen atoms in total. The van der Waals surface area contributed by atoms with Gasteiger partial charge in [-0.1, -0.05) is 48.5 Å². The van der Waals surface area contributed by atoms with Crippen LogP contribution in [-0.4, -0.2) is 210 Å². The third-order valence-electron chi connectivity index (χ3n) is 21.6. The van der Waals surface area contributed by atoms with Crippen LogP contribution in [0.25, 0.3) is 0 Å². The van der Waals surface area contributed by atoms with Gasteiger partial charge in [-0.15, -0.1) is 0 Å². The highest BCUT2D eigenvalue weighted by Gasteiger charge is 2.72. The lowest BCUT2D eigenvalue weighted by Crippen LogP contribution is -2.68. The van der Waals surface area contributed by atoms with Crippen LogP contribution in [0, 0.1) is 56.2 Å². The van der Waals surface area contributed by atoms with Gasteiger partial charge in [0.15, 0.2) is 25.0 Å². The lowest BCUT2D eigenvalue weighted by atomic mass is 9.31. The molecule has 28 atom stereocenters. The van der Waals surface area contributed by atoms with E-state index in [0.29, 0.717) is 18.8 Å². The molecular formula is C53H88O21. The summed E-state index contributed by atoms with van der Waals surface area (Å²) in [5.74, 6) is 0.0554. The average molecular weight is 1060 g/mol. The van der Waals surface area contributed by atoms with E-state index in [1.807, 2.05) is 0 Å². The monoisotopic (exact) mass is 1060 g/mol. The van der Waals surface area contributed by atoms with Crippen LogP contribution in [0.5, 0.6) is 0 Å². The van der Waals surface area contributed by atoms with Crippen LogP contribution in [-0.2, 0) is 42.7 Å². The zero-order valence-corrected chi connectivity index (χ0v) is 44.3. The molecule has 0 unspecified atom stereocenters. The molecule has 0 aromatic rings. The van der Waals surface area contributed by atoms with Gasteiger partial charge in [-0.05, 0) is 128 Å². The molecule has 4 saturated heterocycles. The Morgan fingerprint density at radius 1 is 0.554 bits per heavy atom. The fourth-order valence-corrected chi connectivity index (χ4v) is 16.9. The first kappa shape index (κ1) is 57.4. The molecule has 0 spiro atoms. The Labute approximate surface area is 433 Å². The minimum atomic E-state index is -1.90. The maximum absolute atomic E-state index is 15.6. The summed E-state index contributed by atoms with van der Waals surface area (Å²) in [6.45, 7) is 16.3. The Morgan fingerprint density at radius 2 is 1.19 bits per heavy atom. The topological polar surface area (TPSA) is 334 Å². The molecule has 4 heterocycles. The van der Waals surface area contributed by atoms with Crippen LogP contribution in [0.4, 0.5) is 0 Å². The van der Waals surface area contributed by atoms with Crippen molar-refractivity contribution >= 4 is 5.97 Å². The summed E-state index contributed by atoms with van der Waals surface area (Å²) in [6, 6.07) is 0. The van der Waals surface area contributed by atoms with Crippen molar-refractivity contribution in [3.63, 3.8) is 0 Å². The van der Waals surface area contributed by atoms with Gasteiger partial charge in [0.2, 0.25) is 6.29 Å². The zero-order valence-electron chi connectivity index (χ0n) is 44.3. The zero-order chi connectivity index (χ0) is 54.0. The number of hydrogen-bond donors (Lipinski definition) is 12. The van der Waals surface area contributed by atoms with Crippen LogP contribution in [0.1, 0.15) is 126 Å². The van der Waals surface area contributed by atoms with Crippen molar-refractivity contribution in [1.82, 2.24) is 0 Å². The van der Waals surface area contributed by atoms with E-state index in [1.54, 1.807) is 0 Å². The quantitative estimate of drug-likeness (QED) is 0.0988.